The van der Waals surface area contributed by atoms with Crippen LogP contribution in [-0.4, -0.2) is 0 Å². The Bertz CT molecular complexity index is 280. The summed E-state index contributed by atoms with van der Waals surface area (Å²) in [4.78, 5) is 0. The summed E-state index contributed by atoms with van der Waals surface area (Å²) in [6.07, 6.45) is 21.6. The summed E-state index contributed by atoms with van der Waals surface area (Å²) in [6, 6.07) is 0. The Morgan fingerprint density at radius 3 is 2.30 bits per heavy atom. The lowest BCUT2D eigenvalue weighted by Gasteiger charge is -2.35. The number of rotatable bonds is 7. The SMILES string of the molecule is CCCCCC1=CCC(C2CCC(CCC)CC2)CC1. The van der Waals surface area contributed by atoms with E-state index in [0.717, 1.165) is 17.8 Å². The molecule has 2 rings (SSSR count). The third-order valence-electron chi connectivity index (χ3n) is 5.90. The lowest BCUT2D eigenvalue weighted by atomic mass is 9.70. The molecule has 0 bridgehead atoms. The van der Waals surface area contributed by atoms with Crippen LogP contribution >= 0.6 is 0 Å². The first-order chi connectivity index (χ1) is 9.83. The second kappa shape index (κ2) is 8.90. The Labute approximate surface area is 127 Å². The van der Waals surface area contributed by atoms with Gasteiger partial charge in [-0.3, -0.25) is 0 Å². The van der Waals surface area contributed by atoms with E-state index in [1.807, 2.05) is 0 Å². The molecule has 0 aromatic rings. The molecule has 0 aromatic carbocycles. The number of hydrogen-bond acceptors (Lipinski definition) is 0. The van der Waals surface area contributed by atoms with Crippen LogP contribution in [0.3, 0.4) is 0 Å². The van der Waals surface area contributed by atoms with Crippen molar-refractivity contribution in [3.8, 4) is 0 Å². The Hall–Kier alpha value is -0.260. The van der Waals surface area contributed by atoms with Crippen LogP contribution in [0.2, 0.25) is 0 Å². The van der Waals surface area contributed by atoms with Crippen molar-refractivity contribution in [3.63, 3.8) is 0 Å². The highest BCUT2D eigenvalue weighted by atomic mass is 14.3. The van der Waals surface area contributed by atoms with Crippen molar-refractivity contribution in [2.45, 2.75) is 97.3 Å². The van der Waals surface area contributed by atoms with Gasteiger partial charge in [-0.2, -0.15) is 0 Å². The van der Waals surface area contributed by atoms with Crippen molar-refractivity contribution in [2.24, 2.45) is 17.8 Å². The molecule has 0 N–H and O–H groups in total. The van der Waals surface area contributed by atoms with Gasteiger partial charge in [0.15, 0.2) is 0 Å². The van der Waals surface area contributed by atoms with Crippen molar-refractivity contribution in [3.05, 3.63) is 11.6 Å². The van der Waals surface area contributed by atoms with Crippen LogP contribution in [0.15, 0.2) is 11.6 Å². The standard InChI is InChI=1S/C20H36/c1-3-5-6-8-18-11-15-20(16-12-18)19-13-9-17(7-4-2)10-14-19/h11,17,19-20H,3-10,12-16H2,1-2H3. The first-order valence-corrected chi connectivity index (χ1v) is 9.51. The molecular formula is C20H36. The molecule has 20 heavy (non-hydrogen) atoms. The molecule has 1 saturated carbocycles. The first kappa shape index (κ1) is 16.1. The fourth-order valence-corrected chi connectivity index (χ4v) is 4.52. The van der Waals surface area contributed by atoms with Gasteiger partial charge in [-0.15, -0.1) is 0 Å². The molecule has 116 valence electrons. The molecule has 1 fully saturated rings. The van der Waals surface area contributed by atoms with Crippen LogP contribution in [0.4, 0.5) is 0 Å². The molecule has 0 amide bonds. The highest BCUT2D eigenvalue weighted by Crippen LogP contribution is 2.41. The summed E-state index contributed by atoms with van der Waals surface area (Å²) >= 11 is 0. The quantitative estimate of drug-likeness (QED) is 0.350. The van der Waals surface area contributed by atoms with Crippen LogP contribution < -0.4 is 0 Å². The first-order valence-electron chi connectivity index (χ1n) is 9.51. The largest absolute Gasteiger partial charge is 0.0850 e. The van der Waals surface area contributed by atoms with Gasteiger partial charge in [-0.25, -0.2) is 0 Å². The third-order valence-corrected chi connectivity index (χ3v) is 5.90. The van der Waals surface area contributed by atoms with Crippen LogP contribution in [0, 0.1) is 17.8 Å². The minimum absolute atomic E-state index is 1.03. The Kier molecular flexibility index (Phi) is 7.17. The summed E-state index contributed by atoms with van der Waals surface area (Å²) in [6.45, 7) is 4.65. The molecule has 0 aromatic heterocycles. The van der Waals surface area contributed by atoms with Gasteiger partial charge in [0.25, 0.3) is 0 Å². The van der Waals surface area contributed by atoms with Gasteiger partial charge in [-0.1, -0.05) is 64.0 Å². The van der Waals surface area contributed by atoms with Crippen molar-refractivity contribution in [1.29, 1.82) is 0 Å². The molecule has 2 aliphatic carbocycles. The van der Waals surface area contributed by atoms with Crippen LogP contribution in [0.1, 0.15) is 97.3 Å². The molecular weight excluding hydrogens is 240 g/mol. The van der Waals surface area contributed by atoms with E-state index in [-0.39, 0.29) is 0 Å². The second-order valence-electron chi connectivity index (χ2n) is 7.42. The number of allylic oxidation sites excluding steroid dienone is 2. The smallest absolute Gasteiger partial charge is 0.0317 e. The minimum atomic E-state index is 1.03. The van der Waals surface area contributed by atoms with E-state index in [0.29, 0.717) is 0 Å². The summed E-state index contributed by atoms with van der Waals surface area (Å²) in [5.41, 5.74) is 1.79. The van der Waals surface area contributed by atoms with Crippen LogP contribution in [-0.2, 0) is 0 Å². The Balaban J connectivity index is 1.68. The Morgan fingerprint density at radius 2 is 1.70 bits per heavy atom. The fourth-order valence-electron chi connectivity index (χ4n) is 4.52. The molecule has 2 aliphatic rings. The highest BCUT2D eigenvalue weighted by Gasteiger charge is 2.28. The van der Waals surface area contributed by atoms with E-state index in [2.05, 4.69) is 19.9 Å². The maximum absolute atomic E-state index is 2.63. The van der Waals surface area contributed by atoms with E-state index in [4.69, 9.17) is 0 Å². The molecule has 0 aliphatic heterocycles. The average Bonchev–Trinajstić information content (AvgIpc) is 2.49. The molecule has 1 unspecified atom stereocenters. The zero-order valence-electron chi connectivity index (χ0n) is 14.0. The number of hydrogen-bond donors (Lipinski definition) is 0. The van der Waals surface area contributed by atoms with E-state index in [9.17, 15) is 0 Å². The molecule has 1 atom stereocenters. The van der Waals surface area contributed by atoms with Crippen molar-refractivity contribution < 1.29 is 0 Å². The van der Waals surface area contributed by atoms with Crippen LogP contribution in [0.25, 0.3) is 0 Å². The van der Waals surface area contributed by atoms with E-state index in [1.165, 1.54) is 83.5 Å². The number of unbranched alkanes of at least 4 members (excludes halogenated alkanes) is 2. The predicted molar refractivity (Wildman–Crippen MR) is 89.9 cm³/mol. The zero-order chi connectivity index (χ0) is 14.2. The summed E-state index contributed by atoms with van der Waals surface area (Å²) < 4.78 is 0. The molecule has 0 heteroatoms. The van der Waals surface area contributed by atoms with E-state index in [1.54, 1.807) is 5.57 Å². The monoisotopic (exact) mass is 276 g/mol. The van der Waals surface area contributed by atoms with Crippen LogP contribution in [0.5, 0.6) is 0 Å². The molecule has 0 saturated heterocycles. The Morgan fingerprint density at radius 1 is 0.900 bits per heavy atom. The molecule has 0 spiro atoms. The molecule has 0 radical (unpaired) electrons. The lowest BCUT2D eigenvalue weighted by Crippen LogP contribution is -2.23. The highest BCUT2D eigenvalue weighted by molar-refractivity contribution is 5.07. The third kappa shape index (κ3) is 4.93. The summed E-state index contributed by atoms with van der Waals surface area (Å²) in [5, 5.41) is 0. The van der Waals surface area contributed by atoms with Crippen molar-refractivity contribution >= 4 is 0 Å². The van der Waals surface area contributed by atoms with Gasteiger partial charge in [0.2, 0.25) is 0 Å². The molecule has 0 heterocycles. The second-order valence-corrected chi connectivity index (χ2v) is 7.42. The van der Waals surface area contributed by atoms with Crippen molar-refractivity contribution in [2.75, 3.05) is 0 Å². The van der Waals surface area contributed by atoms with E-state index >= 15 is 0 Å². The van der Waals surface area contributed by atoms with Gasteiger partial charge in [0.05, 0.1) is 0 Å². The van der Waals surface area contributed by atoms with Crippen molar-refractivity contribution in [1.82, 2.24) is 0 Å². The van der Waals surface area contributed by atoms with Gasteiger partial charge in [0.1, 0.15) is 0 Å². The van der Waals surface area contributed by atoms with Gasteiger partial charge in [-0.05, 0) is 62.7 Å². The van der Waals surface area contributed by atoms with E-state index < -0.39 is 0 Å². The topological polar surface area (TPSA) is 0 Å². The average molecular weight is 277 g/mol. The van der Waals surface area contributed by atoms with Gasteiger partial charge < -0.3 is 0 Å². The molecule has 0 nitrogen and oxygen atoms in total. The van der Waals surface area contributed by atoms with Gasteiger partial charge >= 0.3 is 0 Å². The zero-order valence-corrected chi connectivity index (χ0v) is 14.0. The maximum Gasteiger partial charge on any atom is -0.0317 e. The summed E-state index contributed by atoms with van der Waals surface area (Å²) in [5.74, 6) is 3.17. The predicted octanol–water partition coefficient (Wildman–Crippen LogP) is 6.90. The maximum atomic E-state index is 2.63. The minimum Gasteiger partial charge on any atom is -0.0850 e. The summed E-state index contributed by atoms with van der Waals surface area (Å²) in [7, 11) is 0. The van der Waals surface area contributed by atoms with Gasteiger partial charge in [0, 0.05) is 0 Å². The fraction of sp³-hybridized carbons (Fsp3) is 0.900. The normalized spacial score (nSPS) is 31.1. The lowest BCUT2D eigenvalue weighted by molar-refractivity contribution is 0.186.